The Hall–Kier alpha value is -3.12. The Morgan fingerprint density at radius 3 is 2.82 bits per heavy atom. The lowest BCUT2D eigenvalue weighted by Crippen LogP contribution is -2.04. The Labute approximate surface area is 166 Å². The van der Waals surface area contributed by atoms with Gasteiger partial charge in [-0.1, -0.05) is 24.3 Å². The fourth-order valence-electron chi connectivity index (χ4n) is 3.02. The zero-order chi connectivity index (χ0) is 19.7. The Morgan fingerprint density at radius 2 is 2.00 bits per heavy atom. The molecule has 5 nitrogen and oxygen atoms in total. The van der Waals surface area contributed by atoms with Gasteiger partial charge in [0.25, 0.3) is 0 Å². The maximum absolute atomic E-state index is 12.6. The Kier molecular flexibility index (Phi) is 4.88. The largest absolute Gasteiger partial charge is 0.490 e. The fourth-order valence-corrected chi connectivity index (χ4v) is 3.74. The van der Waals surface area contributed by atoms with E-state index in [0.29, 0.717) is 29.2 Å². The van der Waals surface area contributed by atoms with Crippen LogP contribution in [-0.4, -0.2) is 11.6 Å². The SMILES string of the molecule is CCOc1cccc2cc(-c3csc(Nc4cccc(C)c4C)n3)c(=O)oc12. The minimum absolute atomic E-state index is 0.428. The van der Waals surface area contributed by atoms with E-state index in [9.17, 15) is 4.79 Å². The quantitative estimate of drug-likeness (QED) is 0.443. The first kappa shape index (κ1) is 18.3. The van der Waals surface area contributed by atoms with Gasteiger partial charge in [0.2, 0.25) is 0 Å². The van der Waals surface area contributed by atoms with E-state index in [1.165, 1.54) is 22.5 Å². The van der Waals surface area contributed by atoms with Gasteiger partial charge in [-0.2, -0.15) is 0 Å². The predicted octanol–water partition coefficient (Wildman–Crippen LogP) is 5.68. The van der Waals surface area contributed by atoms with E-state index in [2.05, 4.69) is 30.2 Å². The van der Waals surface area contributed by atoms with Crippen molar-refractivity contribution in [1.29, 1.82) is 0 Å². The summed E-state index contributed by atoms with van der Waals surface area (Å²) < 4.78 is 11.1. The molecule has 0 aliphatic heterocycles. The zero-order valence-corrected chi connectivity index (χ0v) is 16.7. The van der Waals surface area contributed by atoms with Gasteiger partial charge in [-0.05, 0) is 50.1 Å². The second kappa shape index (κ2) is 7.48. The lowest BCUT2D eigenvalue weighted by Gasteiger charge is -2.08. The number of rotatable bonds is 5. The van der Waals surface area contributed by atoms with Crippen molar-refractivity contribution in [2.24, 2.45) is 0 Å². The normalized spacial score (nSPS) is 11.0. The molecule has 0 fully saturated rings. The molecule has 0 amide bonds. The van der Waals surface area contributed by atoms with E-state index in [-0.39, 0.29) is 0 Å². The first-order valence-corrected chi connectivity index (χ1v) is 9.93. The lowest BCUT2D eigenvalue weighted by atomic mass is 10.1. The monoisotopic (exact) mass is 392 g/mol. The number of nitrogens with one attached hydrogen (secondary N) is 1. The molecule has 0 aliphatic rings. The maximum Gasteiger partial charge on any atom is 0.345 e. The third-order valence-corrected chi connectivity index (χ3v) is 5.41. The molecule has 2 aromatic carbocycles. The fraction of sp³-hybridized carbons (Fsp3) is 0.182. The number of para-hydroxylation sites is 1. The van der Waals surface area contributed by atoms with Gasteiger partial charge in [0.1, 0.15) is 0 Å². The minimum Gasteiger partial charge on any atom is -0.490 e. The molecule has 0 saturated heterocycles. The van der Waals surface area contributed by atoms with Crippen LogP contribution < -0.4 is 15.7 Å². The summed E-state index contributed by atoms with van der Waals surface area (Å²) in [5.41, 5.74) is 4.45. The van der Waals surface area contributed by atoms with Crippen LogP contribution in [0.15, 0.2) is 57.1 Å². The smallest absolute Gasteiger partial charge is 0.345 e. The van der Waals surface area contributed by atoms with Crippen LogP contribution in [0.25, 0.3) is 22.2 Å². The third-order valence-electron chi connectivity index (χ3n) is 4.65. The third kappa shape index (κ3) is 3.39. The molecule has 0 bridgehead atoms. The number of anilines is 2. The number of thiazole rings is 1. The van der Waals surface area contributed by atoms with Crippen LogP contribution in [0, 0.1) is 13.8 Å². The van der Waals surface area contributed by atoms with Crippen molar-refractivity contribution in [3.05, 3.63) is 69.4 Å². The van der Waals surface area contributed by atoms with Crippen molar-refractivity contribution < 1.29 is 9.15 Å². The van der Waals surface area contributed by atoms with Crippen molar-refractivity contribution in [2.75, 3.05) is 11.9 Å². The van der Waals surface area contributed by atoms with Crippen molar-refractivity contribution in [3.8, 4) is 17.0 Å². The van der Waals surface area contributed by atoms with Crippen molar-refractivity contribution in [3.63, 3.8) is 0 Å². The Bertz CT molecular complexity index is 1210. The van der Waals surface area contributed by atoms with Crippen molar-refractivity contribution >= 4 is 33.1 Å². The average molecular weight is 392 g/mol. The number of fused-ring (bicyclic) bond motifs is 1. The molecule has 0 unspecified atom stereocenters. The lowest BCUT2D eigenvalue weighted by molar-refractivity contribution is 0.337. The molecule has 0 saturated carbocycles. The van der Waals surface area contributed by atoms with Gasteiger partial charge in [0.15, 0.2) is 16.5 Å². The number of aromatic nitrogens is 1. The molecule has 0 radical (unpaired) electrons. The van der Waals surface area contributed by atoms with Gasteiger partial charge in [0, 0.05) is 16.5 Å². The van der Waals surface area contributed by atoms with Crippen LogP contribution in [0.2, 0.25) is 0 Å². The highest BCUT2D eigenvalue weighted by atomic mass is 32.1. The van der Waals surface area contributed by atoms with Crippen LogP contribution in [-0.2, 0) is 0 Å². The summed E-state index contributed by atoms with van der Waals surface area (Å²) in [6, 6.07) is 13.5. The Balaban J connectivity index is 1.70. The zero-order valence-electron chi connectivity index (χ0n) is 15.9. The number of hydrogen-bond donors (Lipinski definition) is 1. The average Bonchev–Trinajstić information content (AvgIpc) is 3.14. The van der Waals surface area contributed by atoms with Crippen LogP contribution >= 0.6 is 11.3 Å². The molecule has 6 heteroatoms. The van der Waals surface area contributed by atoms with E-state index >= 15 is 0 Å². The molecule has 0 atom stereocenters. The molecule has 0 aliphatic carbocycles. The highest BCUT2D eigenvalue weighted by molar-refractivity contribution is 7.14. The number of aryl methyl sites for hydroxylation is 1. The molecule has 142 valence electrons. The standard InChI is InChI=1S/C22H20N2O3S/c1-4-26-19-10-6-8-15-11-16(21(25)27-20(15)19)18-12-28-22(24-18)23-17-9-5-7-13(2)14(17)3/h5-12H,4H2,1-3H3,(H,23,24). The van der Waals surface area contributed by atoms with Gasteiger partial charge in [-0.25, -0.2) is 9.78 Å². The van der Waals surface area contributed by atoms with E-state index < -0.39 is 5.63 Å². The van der Waals surface area contributed by atoms with Gasteiger partial charge >= 0.3 is 5.63 Å². The van der Waals surface area contributed by atoms with Crippen LogP contribution in [0.3, 0.4) is 0 Å². The molecular weight excluding hydrogens is 372 g/mol. The van der Waals surface area contributed by atoms with E-state index in [0.717, 1.165) is 16.2 Å². The summed E-state index contributed by atoms with van der Waals surface area (Å²) in [6.07, 6.45) is 0. The molecular formula is C22H20N2O3S. The van der Waals surface area contributed by atoms with Gasteiger partial charge < -0.3 is 14.5 Å². The number of ether oxygens (including phenoxy) is 1. The van der Waals surface area contributed by atoms with Crippen LogP contribution in [0.4, 0.5) is 10.8 Å². The summed E-state index contributed by atoms with van der Waals surface area (Å²) in [4.78, 5) is 17.2. The summed E-state index contributed by atoms with van der Waals surface area (Å²) in [7, 11) is 0. The van der Waals surface area contributed by atoms with Crippen LogP contribution in [0.1, 0.15) is 18.1 Å². The first-order chi connectivity index (χ1) is 13.6. The van der Waals surface area contributed by atoms with Crippen molar-refractivity contribution in [1.82, 2.24) is 4.98 Å². The number of benzene rings is 2. The van der Waals surface area contributed by atoms with E-state index in [1.807, 2.05) is 36.6 Å². The van der Waals surface area contributed by atoms with E-state index in [4.69, 9.17) is 9.15 Å². The molecule has 1 N–H and O–H groups in total. The number of nitrogens with zero attached hydrogens (tertiary/aromatic N) is 1. The topological polar surface area (TPSA) is 64.4 Å². The molecule has 4 rings (SSSR count). The predicted molar refractivity (Wildman–Crippen MR) is 114 cm³/mol. The van der Waals surface area contributed by atoms with Gasteiger partial charge in [-0.3, -0.25) is 0 Å². The maximum atomic E-state index is 12.6. The highest BCUT2D eigenvalue weighted by Gasteiger charge is 2.14. The Morgan fingerprint density at radius 1 is 1.18 bits per heavy atom. The highest BCUT2D eigenvalue weighted by Crippen LogP contribution is 2.31. The second-order valence-corrected chi connectivity index (χ2v) is 7.32. The minimum atomic E-state index is -0.428. The summed E-state index contributed by atoms with van der Waals surface area (Å²) in [5.74, 6) is 0.569. The summed E-state index contributed by atoms with van der Waals surface area (Å²) in [5, 5.41) is 6.73. The molecule has 4 aromatic rings. The summed E-state index contributed by atoms with van der Waals surface area (Å²) in [6.45, 7) is 6.54. The second-order valence-electron chi connectivity index (χ2n) is 6.47. The molecule has 28 heavy (non-hydrogen) atoms. The van der Waals surface area contributed by atoms with E-state index in [1.54, 1.807) is 12.1 Å². The molecule has 2 heterocycles. The van der Waals surface area contributed by atoms with Gasteiger partial charge in [0.05, 0.1) is 17.9 Å². The summed E-state index contributed by atoms with van der Waals surface area (Å²) >= 11 is 1.45. The number of hydrogen-bond acceptors (Lipinski definition) is 6. The first-order valence-electron chi connectivity index (χ1n) is 9.05. The molecule has 0 spiro atoms. The van der Waals surface area contributed by atoms with Crippen LogP contribution in [0.5, 0.6) is 5.75 Å². The van der Waals surface area contributed by atoms with Gasteiger partial charge in [-0.15, -0.1) is 11.3 Å². The molecule has 2 aromatic heterocycles. The van der Waals surface area contributed by atoms with Crippen molar-refractivity contribution in [2.45, 2.75) is 20.8 Å².